The maximum atomic E-state index is 12.9. The number of aromatic nitrogens is 1. The molecule has 0 saturated heterocycles. The Hall–Kier alpha value is -3.54. The van der Waals surface area contributed by atoms with Crippen molar-refractivity contribution < 1.29 is 14.0 Å². The second-order valence-electron chi connectivity index (χ2n) is 6.22. The van der Waals surface area contributed by atoms with Gasteiger partial charge in [0.25, 0.3) is 11.8 Å². The van der Waals surface area contributed by atoms with Gasteiger partial charge in [-0.15, -0.1) is 0 Å². The first-order valence-electron chi connectivity index (χ1n) is 8.33. The third kappa shape index (κ3) is 4.76. The van der Waals surface area contributed by atoms with Crippen LogP contribution in [-0.2, 0) is 0 Å². The van der Waals surface area contributed by atoms with E-state index in [1.807, 2.05) is 32.0 Å². The summed E-state index contributed by atoms with van der Waals surface area (Å²) < 4.78 is 12.9. The third-order valence-electron chi connectivity index (χ3n) is 3.84. The lowest BCUT2D eigenvalue weighted by atomic mass is 10.1. The van der Waals surface area contributed by atoms with Crippen LogP contribution in [-0.4, -0.2) is 16.8 Å². The average molecular weight is 363 g/mol. The number of benzene rings is 2. The zero-order valence-corrected chi connectivity index (χ0v) is 14.9. The molecule has 0 bridgehead atoms. The Labute approximate surface area is 156 Å². The van der Waals surface area contributed by atoms with Gasteiger partial charge in [-0.3, -0.25) is 14.6 Å². The number of aryl methyl sites for hydroxylation is 2. The molecule has 6 heteroatoms. The monoisotopic (exact) mass is 363 g/mol. The van der Waals surface area contributed by atoms with Crippen molar-refractivity contribution in [1.29, 1.82) is 0 Å². The molecular formula is C21H18FN3O2. The van der Waals surface area contributed by atoms with Crippen LogP contribution < -0.4 is 10.6 Å². The number of hydrogen-bond donors (Lipinski definition) is 2. The highest BCUT2D eigenvalue weighted by molar-refractivity contribution is 6.07. The van der Waals surface area contributed by atoms with Crippen molar-refractivity contribution >= 4 is 23.2 Å². The van der Waals surface area contributed by atoms with Crippen LogP contribution >= 0.6 is 0 Å². The van der Waals surface area contributed by atoms with Gasteiger partial charge >= 0.3 is 0 Å². The number of nitrogens with zero attached hydrogens (tertiary/aromatic N) is 1. The molecule has 2 aromatic carbocycles. The number of hydrogen-bond acceptors (Lipinski definition) is 3. The first-order chi connectivity index (χ1) is 12.9. The molecule has 0 saturated carbocycles. The maximum absolute atomic E-state index is 12.9. The second kappa shape index (κ2) is 7.78. The molecule has 5 nitrogen and oxygen atoms in total. The minimum atomic E-state index is -0.484. The van der Waals surface area contributed by atoms with Crippen LogP contribution in [0.15, 0.2) is 60.8 Å². The van der Waals surface area contributed by atoms with Crippen molar-refractivity contribution in [3.8, 4) is 0 Å². The molecule has 1 aromatic heterocycles. The number of carbonyl (C=O) groups excluding carboxylic acids is 2. The Balaban J connectivity index is 1.75. The predicted octanol–water partition coefficient (Wildman–Crippen LogP) is 4.34. The number of carbonyl (C=O) groups is 2. The molecule has 0 aliphatic heterocycles. The van der Waals surface area contributed by atoms with E-state index in [0.717, 1.165) is 11.1 Å². The van der Waals surface area contributed by atoms with Gasteiger partial charge in [-0.05, 0) is 73.5 Å². The van der Waals surface area contributed by atoms with Crippen LogP contribution in [0.2, 0.25) is 0 Å². The van der Waals surface area contributed by atoms with Gasteiger partial charge in [-0.25, -0.2) is 4.39 Å². The van der Waals surface area contributed by atoms with Crippen LogP contribution in [0.25, 0.3) is 0 Å². The van der Waals surface area contributed by atoms with E-state index in [0.29, 0.717) is 16.9 Å². The molecule has 0 radical (unpaired) electrons. The maximum Gasteiger partial charge on any atom is 0.274 e. The Kier molecular flexibility index (Phi) is 5.26. The fourth-order valence-corrected chi connectivity index (χ4v) is 2.67. The fraction of sp³-hybridized carbons (Fsp3) is 0.0952. The number of pyridine rings is 1. The first kappa shape index (κ1) is 18.3. The van der Waals surface area contributed by atoms with Crippen molar-refractivity contribution in [3.05, 3.63) is 89.0 Å². The lowest BCUT2D eigenvalue weighted by Crippen LogP contribution is -2.17. The summed E-state index contributed by atoms with van der Waals surface area (Å²) in [5.74, 6) is -1.21. The third-order valence-corrected chi connectivity index (χ3v) is 3.84. The van der Waals surface area contributed by atoms with Crippen molar-refractivity contribution in [3.63, 3.8) is 0 Å². The molecular weight excluding hydrogens is 345 g/mol. The normalized spacial score (nSPS) is 10.3. The summed E-state index contributed by atoms with van der Waals surface area (Å²) in [4.78, 5) is 28.8. The molecule has 0 aliphatic carbocycles. The molecule has 2 N–H and O–H groups in total. The lowest BCUT2D eigenvalue weighted by Gasteiger charge is -2.09. The predicted molar refractivity (Wildman–Crippen MR) is 102 cm³/mol. The van der Waals surface area contributed by atoms with E-state index in [2.05, 4.69) is 15.6 Å². The van der Waals surface area contributed by atoms with Crippen molar-refractivity contribution in [2.24, 2.45) is 0 Å². The number of nitrogens with one attached hydrogen (secondary N) is 2. The van der Waals surface area contributed by atoms with Gasteiger partial charge in [0.2, 0.25) is 0 Å². The van der Waals surface area contributed by atoms with E-state index >= 15 is 0 Å². The number of halogens is 1. The van der Waals surface area contributed by atoms with Crippen LogP contribution in [0.1, 0.15) is 32.0 Å². The molecule has 3 aromatic rings. The molecule has 3 rings (SSSR count). The number of amides is 2. The number of rotatable bonds is 4. The fourth-order valence-electron chi connectivity index (χ4n) is 2.67. The van der Waals surface area contributed by atoms with Gasteiger partial charge in [0, 0.05) is 23.1 Å². The molecule has 136 valence electrons. The summed E-state index contributed by atoms with van der Waals surface area (Å²) >= 11 is 0. The second-order valence-corrected chi connectivity index (χ2v) is 6.22. The zero-order valence-electron chi connectivity index (χ0n) is 14.9. The topological polar surface area (TPSA) is 71.1 Å². The van der Waals surface area contributed by atoms with Crippen LogP contribution in [0.3, 0.4) is 0 Å². The summed E-state index contributed by atoms with van der Waals surface area (Å²) in [6.45, 7) is 3.90. The Morgan fingerprint density at radius 1 is 0.815 bits per heavy atom. The van der Waals surface area contributed by atoms with E-state index in [1.165, 1.54) is 42.6 Å². The summed E-state index contributed by atoms with van der Waals surface area (Å²) in [5, 5.41) is 5.44. The van der Waals surface area contributed by atoms with Gasteiger partial charge in [0.15, 0.2) is 0 Å². The summed E-state index contributed by atoms with van der Waals surface area (Å²) in [6, 6.07) is 14.1. The van der Waals surface area contributed by atoms with E-state index in [9.17, 15) is 14.0 Å². The SMILES string of the molecule is Cc1cc(C)cc(NC(=O)c2ccnc(C(=O)Nc3ccc(F)cc3)c2)c1. The van der Waals surface area contributed by atoms with Gasteiger partial charge in [-0.1, -0.05) is 6.07 Å². The molecule has 27 heavy (non-hydrogen) atoms. The molecule has 0 unspecified atom stereocenters. The van der Waals surface area contributed by atoms with Crippen LogP contribution in [0.4, 0.5) is 15.8 Å². The minimum Gasteiger partial charge on any atom is -0.322 e. The van der Waals surface area contributed by atoms with Crippen molar-refractivity contribution in [1.82, 2.24) is 4.98 Å². The molecule has 0 spiro atoms. The highest BCUT2D eigenvalue weighted by Gasteiger charge is 2.13. The van der Waals surface area contributed by atoms with Crippen LogP contribution in [0, 0.1) is 19.7 Å². The highest BCUT2D eigenvalue weighted by Crippen LogP contribution is 2.16. The average Bonchev–Trinajstić information content (AvgIpc) is 2.63. The largest absolute Gasteiger partial charge is 0.322 e. The van der Waals surface area contributed by atoms with E-state index in [-0.39, 0.29) is 11.6 Å². The van der Waals surface area contributed by atoms with E-state index in [1.54, 1.807) is 0 Å². The summed E-state index contributed by atoms with van der Waals surface area (Å²) in [5.41, 5.74) is 3.61. The molecule has 1 heterocycles. The molecule has 2 amide bonds. The zero-order chi connectivity index (χ0) is 19.4. The Morgan fingerprint density at radius 2 is 1.44 bits per heavy atom. The highest BCUT2D eigenvalue weighted by atomic mass is 19.1. The van der Waals surface area contributed by atoms with Gasteiger partial charge in [0.1, 0.15) is 11.5 Å². The lowest BCUT2D eigenvalue weighted by molar-refractivity contribution is 0.102. The first-order valence-corrected chi connectivity index (χ1v) is 8.33. The molecule has 0 atom stereocenters. The van der Waals surface area contributed by atoms with E-state index < -0.39 is 11.7 Å². The Bertz CT molecular complexity index is 980. The van der Waals surface area contributed by atoms with Crippen molar-refractivity contribution in [2.45, 2.75) is 13.8 Å². The summed E-state index contributed by atoms with van der Waals surface area (Å²) in [6.07, 6.45) is 1.40. The molecule has 0 fully saturated rings. The molecule has 0 aliphatic rings. The van der Waals surface area contributed by atoms with Gasteiger partial charge in [-0.2, -0.15) is 0 Å². The minimum absolute atomic E-state index is 0.0902. The van der Waals surface area contributed by atoms with Gasteiger partial charge < -0.3 is 10.6 Å². The summed E-state index contributed by atoms with van der Waals surface area (Å²) in [7, 11) is 0. The number of anilines is 2. The van der Waals surface area contributed by atoms with Gasteiger partial charge in [0.05, 0.1) is 0 Å². The van der Waals surface area contributed by atoms with E-state index in [4.69, 9.17) is 0 Å². The quantitative estimate of drug-likeness (QED) is 0.724. The van der Waals surface area contributed by atoms with Crippen LogP contribution in [0.5, 0.6) is 0 Å². The standard InChI is InChI=1S/C21H18FN3O2/c1-13-9-14(2)11-18(10-13)25-20(26)15-7-8-23-19(12-15)21(27)24-17-5-3-16(22)4-6-17/h3-12H,1-2H3,(H,24,27)(H,25,26). The Morgan fingerprint density at radius 3 is 2.11 bits per heavy atom. The smallest absolute Gasteiger partial charge is 0.274 e. The van der Waals surface area contributed by atoms with Crippen molar-refractivity contribution in [2.75, 3.05) is 10.6 Å².